The molecule has 0 atom stereocenters. The Morgan fingerprint density at radius 2 is 1.88 bits per heavy atom. The van der Waals surface area contributed by atoms with Crippen LogP contribution < -0.4 is 4.18 Å². The van der Waals surface area contributed by atoms with Gasteiger partial charge in [0.15, 0.2) is 12.4 Å². The molecule has 10 heteroatoms. The van der Waals surface area contributed by atoms with Gasteiger partial charge in [-0.15, -0.1) is 21.5 Å². The van der Waals surface area contributed by atoms with Crippen LogP contribution in [0.25, 0.3) is 10.8 Å². The molecule has 0 saturated heterocycles. The Labute approximate surface area is 188 Å². The fourth-order valence-corrected chi connectivity index (χ4v) is 4.77. The molecule has 2 aromatic carbocycles. The Balaban J connectivity index is 1.50. The number of nitrogens with zero attached hydrogens (tertiary/aromatic N) is 2. The fraction of sp³-hybridized carbons (Fsp3) is 0.136. The molecule has 0 aliphatic carbocycles. The van der Waals surface area contributed by atoms with Gasteiger partial charge in [-0.1, -0.05) is 30.3 Å². The van der Waals surface area contributed by atoms with E-state index < -0.39 is 16.1 Å². The number of esters is 1. The molecule has 0 amide bonds. The monoisotopic (exact) mass is 470 g/mol. The average molecular weight is 471 g/mol. The lowest BCUT2D eigenvalue weighted by atomic mass is 10.2. The van der Waals surface area contributed by atoms with E-state index >= 15 is 0 Å². The Bertz CT molecular complexity index is 1360. The van der Waals surface area contributed by atoms with E-state index in [1.165, 1.54) is 29.5 Å². The molecule has 2 aromatic heterocycles. The summed E-state index contributed by atoms with van der Waals surface area (Å²) in [5.41, 5.74) is 1.26. The van der Waals surface area contributed by atoms with Crippen molar-refractivity contribution >= 4 is 27.4 Å². The summed E-state index contributed by atoms with van der Waals surface area (Å²) in [5, 5.41) is 9.66. The Kier molecular flexibility index (Phi) is 6.06. The first-order valence-corrected chi connectivity index (χ1v) is 11.8. The number of thiophene rings is 1. The van der Waals surface area contributed by atoms with Gasteiger partial charge in [-0.05, 0) is 54.6 Å². The van der Waals surface area contributed by atoms with Gasteiger partial charge in [0, 0.05) is 0 Å². The van der Waals surface area contributed by atoms with Crippen molar-refractivity contribution < 1.29 is 26.5 Å². The highest BCUT2D eigenvalue weighted by Crippen LogP contribution is 2.27. The lowest BCUT2D eigenvalue weighted by Crippen LogP contribution is -2.15. The number of para-hydroxylation sites is 1. The van der Waals surface area contributed by atoms with Crippen molar-refractivity contribution in [3.63, 3.8) is 0 Å². The number of carbonyl (C=O) groups excluding carboxylic acids is 1. The SMILES string of the molecule is Cc1ccc(C)c(S(=O)(=O)Oc2ccccc2C(=O)OCc2nnc(-c3cccs3)o2)c1. The molecule has 0 bridgehead atoms. The lowest BCUT2D eigenvalue weighted by Gasteiger charge is -2.12. The summed E-state index contributed by atoms with van der Waals surface area (Å²) in [4.78, 5) is 13.5. The predicted octanol–water partition coefficient (Wildman–Crippen LogP) is 4.54. The largest absolute Gasteiger partial charge is 0.452 e. The van der Waals surface area contributed by atoms with Crippen LogP contribution >= 0.6 is 11.3 Å². The Morgan fingerprint density at radius 1 is 1.06 bits per heavy atom. The molecule has 0 aliphatic heterocycles. The van der Waals surface area contributed by atoms with E-state index in [1.54, 1.807) is 38.1 Å². The quantitative estimate of drug-likeness (QED) is 0.286. The molecule has 4 aromatic rings. The topological polar surface area (TPSA) is 109 Å². The van der Waals surface area contributed by atoms with Crippen LogP contribution in [0.15, 0.2) is 69.3 Å². The molecular formula is C22H18N2O6S2. The minimum absolute atomic E-state index is 0.0348. The maximum absolute atomic E-state index is 12.8. The molecule has 0 N–H and O–H groups in total. The molecule has 0 unspecified atom stereocenters. The van der Waals surface area contributed by atoms with E-state index in [4.69, 9.17) is 13.3 Å². The van der Waals surface area contributed by atoms with Crippen molar-refractivity contribution in [1.82, 2.24) is 10.2 Å². The van der Waals surface area contributed by atoms with Crippen molar-refractivity contribution in [2.24, 2.45) is 0 Å². The average Bonchev–Trinajstić information content (AvgIpc) is 3.45. The molecule has 0 aliphatic rings. The highest BCUT2D eigenvalue weighted by molar-refractivity contribution is 7.87. The van der Waals surface area contributed by atoms with Crippen LogP contribution in [0, 0.1) is 13.8 Å². The van der Waals surface area contributed by atoms with Crippen molar-refractivity contribution in [1.29, 1.82) is 0 Å². The number of hydrogen-bond acceptors (Lipinski definition) is 9. The first-order chi connectivity index (χ1) is 15.3. The Hall–Kier alpha value is -3.50. The molecule has 8 nitrogen and oxygen atoms in total. The number of ether oxygens (including phenoxy) is 1. The van der Waals surface area contributed by atoms with E-state index in [-0.39, 0.29) is 28.7 Å². The molecule has 0 fully saturated rings. The summed E-state index contributed by atoms with van der Waals surface area (Å²) in [6.45, 7) is 3.19. The van der Waals surface area contributed by atoms with Crippen molar-refractivity contribution in [2.45, 2.75) is 25.3 Å². The standard InChI is InChI=1S/C22H18N2O6S2/c1-14-9-10-15(2)19(12-14)32(26,27)30-17-7-4-3-6-16(17)22(25)28-13-20-23-24-21(29-20)18-8-5-11-31-18/h3-12H,13H2,1-2H3. The van der Waals surface area contributed by atoms with Crippen LogP contribution in [-0.2, 0) is 21.5 Å². The minimum atomic E-state index is -4.16. The Morgan fingerprint density at radius 3 is 2.66 bits per heavy atom. The first-order valence-electron chi connectivity index (χ1n) is 9.47. The number of hydrogen-bond donors (Lipinski definition) is 0. The molecule has 4 rings (SSSR count). The summed E-state index contributed by atoms with van der Waals surface area (Å²) >= 11 is 1.44. The summed E-state index contributed by atoms with van der Waals surface area (Å²) in [7, 11) is -4.16. The zero-order chi connectivity index (χ0) is 22.7. The summed E-state index contributed by atoms with van der Waals surface area (Å²) in [6, 6.07) is 14.7. The van der Waals surface area contributed by atoms with Crippen LogP contribution in [0.4, 0.5) is 0 Å². The number of aromatic nitrogens is 2. The van der Waals surface area contributed by atoms with Crippen LogP contribution in [0.2, 0.25) is 0 Å². The number of aryl methyl sites for hydroxylation is 2. The third-order valence-electron chi connectivity index (χ3n) is 4.44. The van der Waals surface area contributed by atoms with E-state index in [0.29, 0.717) is 11.5 Å². The predicted molar refractivity (Wildman–Crippen MR) is 117 cm³/mol. The first kappa shape index (κ1) is 21.7. The van der Waals surface area contributed by atoms with Gasteiger partial charge in [0.05, 0.1) is 4.88 Å². The second-order valence-corrected chi connectivity index (χ2v) is 9.32. The van der Waals surface area contributed by atoms with Crippen molar-refractivity contribution in [3.05, 3.63) is 82.6 Å². The number of carbonyl (C=O) groups is 1. The molecule has 0 radical (unpaired) electrons. The zero-order valence-electron chi connectivity index (χ0n) is 17.1. The normalized spacial score (nSPS) is 11.3. The molecule has 32 heavy (non-hydrogen) atoms. The van der Waals surface area contributed by atoms with E-state index in [9.17, 15) is 13.2 Å². The highest BCUT2D eigenvalue weighted by atomic mass is 32.2. The second-order valence-electron chi connectivity index (χ2n) is 6.86. The molecule has 164 valence electrons. The van der Waals surface area contributed by atoms with Crippen LogP contribution in [-0.4, -0.2) is 24.6 Å². The molecule has 2 heterocycles. The minimum Gasteiger partial charge on any atom is -0.452 e. The van der Waals surface area contributed by atoms with Crippen LogP contribution in [0.5, 0.6) is 5.75 Å². The van der Waals surface area contributed by atoms with E-state index in [2.05, 4.69) is 10.2 Å². The fourth-order valence-electron chi connectivity index (χ4n) is 2.86. The van der Waals surface area contributed by atoms with Gasteiger partial charge in [-0.3, -0.25) is 0 Å². The third kappa shape index (κ3) is 4.71. The number of benzene rings is 2. The van der Waals surface area contributed by atoms with E-state index in [1.807, 2.05) is 17.5 Å². The van der Waals surface area contributed by atoms with E-state index in [0.717, 1.165) is 10.4 Å². The van der Waals surface area contributed by atoms with Crippen LogP contribution in [0.1, 0.15) is 27.4 Å². The van der Waals surface area contributed by atoms with Gasteiger partial charge < -0.3 is 13.3 Å². The summed E-state index contributed by atoms with van der Waals surface area (Å²) < 4.78 is 41.7. The molecular weight excluding hydrogens is 452 g/mol. The highest BCUT2D eigenvalue weighted by Gasteiger charge is 2.24. The maximum atomic E-state index is 12.8. The summed E-state index contributed by atoms with van der Waals surface area (Å²) in [5.74, 6) is -0.478. The maximum Gasteiger partial charge on any atom is 0.342 e. The lowest BCUT2D eigenvalue weighted by molar-refractivity contribution is 0.0437. The van der Waals surface area contributed by atoms with Crippen molar-refractivity contribution in [2.75, 3.05) is 0 Å². The summed E-state index contributed by atoms with van der Waals surface area (Å²) in [6.07, 6.45) is 0. The smallest absolute Gasteiger partial charge is 0.342 e. The van der Waals surface area contributed by atoms with Gasteiger partial charge in [0.25, 0.3) is 11.8 Å². The number of rotatable bonds is 7. The zero-order valence-corrected chi connectivity index (χ0v) is 18.8. The second kappa shape index (κ2) is 8.93. The molecule has 0 spiro atoms. The van der Waals surface area contributed by atoms with Gasteiger partial charge in [0.2, 0.25) is 0 Å². The van der Waals surface area contributed by atoms with Crippen molar-refractivity contribution in [3.8, 4) is 16.5 Å². The van der Waals surface area contributed by atoms with Crippen LogP contribution in [0.3, 0.4) is 0 Å². The molecule has 0 saturated carbocycles. The van der Waals surface area contributed by atoms with Gasteiger partial charge in [-0.25, -0.2) is 4.79 Å². The third-order valence-corrected chi connectivity index (χ3v) is 6.68. The van der Waals surface area contributed by atoms with Gasteiger partial charge in [-0.2, -0.15) is 8.42 Å². The van der Waals surface area contributed by atoms with Gasteiger partial charge >= 0.3 is 16.1 Å². The van der Waals surface area contributed by atoms with Gasteiger partial charge in [0.1, 0.15) is 10.5 Å².